The van der Waals surface area contributed by atoms with E-state index in [9.17, 15) is 13.2 Å². The molecule has 0 saturated carbocycles. The van der Waals surface area contributed by atoms with Crippen LogP contribution >= 0.6 is 0 Å². The normalized spacial score (nSPS) is 14.5. The van der Waals surface area contributed by atoms with E-state index in [-0.39, 0.29) is 18.2 Å². The molecule has 0 aliphatic carbocycles. The summed E-state index contributed by atoms with van der Waals surface area (Å²) in [5.74, 6) is 0.396. The Labute approximate surface area is 207 Å². The summed E-state index contributed by atoms with van der Waals surface area (Å²) in [6.07, 6.45) is 1.73. The van der Waals surface area contributed by atoms with Crippen molar-refractivity contribution in [2.75, 3.05) is 48.7 Å². The molecule has 1 amide bonds. The van der Waals surface area contributed by atoms with Crippen molar-refractivity contribution in [3.05, 3.63) is 83.6 Å². The fourth-order valence-electron chi connectivity index (χ4n) is 4.08. The Kier molecular flexibility index (Phi) is 7.67. The van der Waals surface area contributed by atoms with Crippen LogP contribution in [0, 0.1) is 13.8 Å². The van der Waals surface area contributed by atoms with Crippen LogP contribution in [0.2, 0.25) is 0 Å². The lowest BCUT2D eigenvalue weighted by atomic mass is 10.1. The zero-order chi connectivity index (χ0) is 24.8. The van der Waals surface area contributed by atoms with Gasteiger partial charge in [0, 0.05) is 44.6 Å². The minimum Gasteiger partial charge on any atom is -0.355 e. The molecule has 2 heterocycles. The highest BCUT2D eigenvalue weighted by Gasteiger charge is 2.27. The molecule has 0 unspecified atom stereocenters. The van der Waals surface area contributed by atoms with Crippen LogP contribution in [0.1, 0.15) is 21.5 Å². The maximum absolute atomic E-state index is 12.9. The van der Waals surface area contributed by atoms with Gasteiger partial charge in [0.1, 0.15) is 5.82 Å². The number of carbonyl (C=O) groups excluding carboxylic acids is 1. The number of para-hydroxylation sites is 1. The van der Waals surface area contributed by atoms with Crippen LogP contribution in [0.25, 0.3) is 0 Å². The zero-order valence-corrected chi connectivity index (χ0v) is 20.9. The van der Waals surface area contributed by atoms with Gasteiger partial charge in [-0.2, -0.15) is 4.31 Å². The lowest BCUT2D eigenvalue weighted by Gasteiger charge is -2.34. The minimum absolute atomic E-state index is 0.0411. The lowest BCUT2D eigenvalue weighted by molar-refractivity contribution is 0.0957. The van der Waals surface area contributed by atoms with Crippen molar-refractivity contribution in [2.24, 2.45) is 0 Å². The van der Waals surface area contributed by atoms with Gasteiger partial charge in [0.15, 0.2) is 0 Å². The Morgan fingerprint density at radius 3 is 2.37 bits per heavy atom. The fourth-order valence-corrected chi connectivity index (χ4v) is 5.41. The summed E-state index contributed by atoms with van der Waals surface area (Å²) in [7, 11) is -3.48. The van der Waals surface area contributed by atoms with Gasteiger partial charge < -0.3 is 15.5 Å². The molecule has 1 fully saturated rings. The molecule has 1 aromatic heterocycles. The molecule has 3 aromatic rings. The van der Waals surface area contributed by atoms with E-state index in [0.717, 1.165) is 22.6 Å². The van der Waals surface area contributed by atoms with Crippen molar-refractivity contribution >= 4 is 33.1 Å². The maximum Gasteiger partial charge on any atom is 0.253 e. The van der Waals surface area contributed by atoms with Gasteiger partial charge in [-0.1, -0.05) is 30.3 Å². The van der Waals surface area contributed by atoms with Gasteiger partial charge in [-0.3, -0.25) is 4.79 Å². The highest BCUT2D eigenvalue weighted by Crippen LogP contribution is 2.25. The van der Waals surface area contributed by atoms with Crippen molar-refractivity contribution in [3.8, 4) is 0 Å². The Hall–Kier alpha value is -3.43. The van der Waals surface area contributed by atoms with Crippen molar-refractivity contribution in [2.45, 2.75) is 13.8 Å². The van der Waals surface area contributed by atoms with Gasteiger partial charge >= 0.3 is 0 Å². The Morgan fingerprint density at radius 2 is 1.63 bits per heavy atom. The van der Waals surface area contributed by atoms with Gasteiger partial charge in [0.25, 0.3) is 5.91 Å². The number of aromatic nitrogens is 1. The number of rotatable bonds is 8. The number of piperazine rings is 1. The number of hydrogen-bond donors (Lipinski definition) is 2. The lowest BCUT2D eigenvalue weighted by Crippen LogP contribution is -2.50. The Bertz CT molecular complexity index is 1270. The van der Waals surface area contributed by atoms with Gasteiger partial charge in [-0.25, -0.2) is 13.4 Å². The standard InChI is InChI=1S/C26H31N5O3S/c1-20-8-7-11-23(21(20)2)29-24-10-4-3-9-22(24)26(32)28-14-19-35(33,34)31-17-15-30(16-18-31)25-12-5-6-13-27-25/h3-13,29H,14-19H2,1-2H3,(H,28,32). The molecule has 1 saturated heterocycles. The van der Waals surface area contributed by atoms with Crippen LogP contribution in [0.3, 0.4) is 0 Å². The molecule has 4 rings (SSSR count). The quantitative estimate of drug-likeness (QED) is 0.500. The van der Waals surface area contributed by atoms with E-state index in [1.54, 1.807) is 18.3 Å². The average molecular weight is 494 g/mol. The third kappa shape index (κ3) is 5.98. The highest BCUT2D eigenvalue weighted by molar-refractivity contribution is 7.89. The molecule has 2 aromatic carbocycles. The van der Waals surface area contributed by atoms with E-state index in [2.05, 4.69) is 20.5 Å². The number of sulfonamides is 1. The molecule has 2 N–H and O–H groups in total. The van der Waals surface area contributed by atoms with E-state index < -0.39 is 10.0 Å². The molecular formula is C26H31N5O3S. The molecule has 1 aliphatic rings. The number of benzene rings is 2. The summed E-state index contributed by atoms with van der Waals surface area (Å²) >= 11 is 0. The molecule has 0 spiro atoms. The van der Waals surface area contributed by atoms with Crippen molar-refractivity contribution in [3.63, 3.8) is 0 Å². The Morgan fingerprint density at radius 1 is 0.914 bits per heavy atom. The molecule has 8 nitrogen and oxygen atoms in total. The Balaban J connectivity index is 1.33. The van der Waals surface area contributed by atoms with Gasteiger partial charge in [-0.05, 0) is 55.3 Å². The molecule has 0 atom stereocenters. The second-order valence-corrected chi connectivity index (χ2v) is 10.7. The van der Waals surface area contributed by atoms with Crippen LogP contribution in [-0.2, 0) is 10.0 Å². The number of nitrogens with one attached hydrogen (secondary N) is 2. The first kappa shape index (κ1) is 24.7. The number of pyridine rings is 1. The van der Waals surface area contributed by atoms with E-state index in [0.29, 0.717) is 37.4 Å². The molecule has 35 heavy (non-hydrogen) atoms. The number of anilines is 3. The van der Waals surface area contributed by atoms with Crippen LogP contribution in [0.4, 0.5) is 17.2 Å². The molecule has 1 aliphatic heterocycles. The third-order valence-electron chi connectivity index (χ3n) is 6.30. The van der Waals surface area contributed by atoms with Crippen molar-refractivity contribution in [1.82, 2.24) is 14.6 Å². The van der Waals surface area contributed by atoms with Gasteiger partial charge in [0.2, 0.25) is 10.0 Å². The third-order valence-corrected chi connectivity index (χ3v) is 8.17. The van der Waals surface area contributed by atoms with E-state index in [4.69, 9.17) is 0 Å². The zero-order valence-electron chi connectivity index (χ0n) is 20.1. The summed E-state index contributed by atoms with van der Waals surface area (Å²) in [5, 5.41) is 6.12. The van der Waals surface area contributed by atoms with Crippen LogP contribution < -0.4 is 15.5 Å². The average Bonchev–Trinajstić information content (AvgIpc) is 2.87. The predicted octanol–water partition coefficient (Wildman–Crippen LogP) is 3.32. The van der Waals surface area contributed by atoms with Gasteiger partial charge in [0.05, 0.1) is 17.0 Å². The largest absolute Gasteiger partial charge is 0.355 e. The number of hydrogen-bond acceptors (Lipinski definition) is 6. The number of aryl methyl sites for hydroxylation is 1. The number of nitrogens with zero attached hydrogens (tertiary/aromatic N) is 3. The van der Waals surface area contributed by atoms with E-state index in [1.165, 1.54) is 4.31 Å². The van der Waals surface area contributed by atoms with E-state index >= 15 is 0 Å². The highest BCUT2D eigenvalue weighted by atomic mass is 32.2. The summed E-state index contributed by atoms with van der Waals surface area (Å²) in [4.78, 5) is 19.3. The molecule has 184 valence electrons. The van der Waals surface area contributed by atoms with Gasteiger partial charge in [-0.15, -0.1) is 0 Å². The summed E-state index contributed by atoms with van der Waals surface area (Å²) < 4.78 is 27.2. The summed E-state index contributed by atoms with van der Waals surface area (Å²) in [6, 6.07) is 18.9. The van der Waals surface area contributed by atoms with E-state index in [1.807, 2.05) is 62.4 Å². The molecule has 9 heteroatoms. The van der Waals surface area contributed by atoms with Crippen molar-refractivity contribution in [1.29, 1.82) is 0 Å². The second-order valence-electron chi connectivity index (χ2n) is 8.56. The minimum atomic E-state index is -3.48. The fraction of sp³-hybridized carbons (Fsp3) is 0.308. The monoisotopic (exact) mass is 493 g/mol. The predicted molar refractivity (Wildman–Crippen MR) is 140 cm³/mol. The van der Waals surface area contributed by atoms with Crippen LogP contribution in [-0.4, -0.2) is 62.1 Å². The number of carbonyl (C=O) groups is 1. The first-order valence-corrected chi connectivity index (χ1v) is 13.3. The maximum atomic E-state index is 12.9. The molecule has 0 bridgehead atoms. The summed E-state index contributed by atoms with van der Waals surface area (Å²) in [6.45, 7) is 6.07. The van der Waals surface area contributed by atoms with Crippen LogP contribution in [0.5, 0.6) is 0 Å². The second kappa shape index (κ2) is 10.9. The molecular weight excluding hydrogens is 462 g/mol. The molecule has 0 radical (unpaired) electrons. The topological polar surface area (TPSA) is 94.6 Å². The van der Waals surface area contributed by atoms with Crippen molar-refractivity contribution < 1.29 is 13.2 Å². The first-order valence-electron chi connectivity index (χ1n) is 11.7. The van der Waals surface area contributed by atoms with Crippen LogP contribution in [0.15, 0.2) is 66.9 Å². The number of amides is 1. The first-order chi connectivity index (χ1) is 16.8. The smallest absolute Gasteiger partial charge is 0.253 e. The SMILES string of the molecule is Cc1cccc(Nc2ccccc2C(=O)NCCS(=O)(=O)N2CCN(c3ccccn3)CC2)c1C. The summed E-state index contributed by atoms with van der Waals surface area (Å²) in [5.41, 5.74) is 4.33.